The molecule has 1 amide bonds. The van der Waals surface area contributed by atoms with Crippen LogP contribution in [-0.4, -0.2) is 23.6 Å². The Morgan fingerprint density at radius 3 is 2.64 bits per heavy atom. The van der Waals surface area contributed by atoms with Crippen molar-refractivity contribution < 1.29 is 13.6 Å². The molecule has 4 nitrogen and oxygen atoms in total. The Kier molecular flexibility index (Phi) is 6.19. The largest absolute Gasteiger partial charge is 0.423 e. The van der Waals surface area contributed by atoms with E-state index in [9.17, 15) is 14.0 Å². The summed E-state index contributed by atoms with van der Waals surface area (Å²) in [6, 6.07) is 11.6. The summed E-state index contributed by atoms with van der Waals surface area (Å²) in [6.07, 6.45) is 0. The molecule has 3 aromatic rings. The van der Waals surface area contributed by atoms with E-state index in [-0.39, 0.29) is 23.1 Å². The van der Waals surface area contributed by atoms with Gasteiger partial charge >= 0.3 is 5.63 Å². The zero-order valence-electron chi connectivity index (χ0n) is 16.1. The van der Waals surface area contributed by atoms with E-state index in [1.807, 2.05) is 26.0 Å². The molecule has 0 saturated heterocycles. The SMILES string of the molecule is Cc1cc2oc(=O)cc(CSCC(=O)N(C)Cc3cccc(F)c3)c2cc1C. The van der Waals surface area contributed by atoms with E-state index in [4.69, 9.17) is 4.42 Å². The van der Waals surface area contributed by atoms with Gasteiger partial charge in [0.1, 0.15) is 11.4 Å². The Hall–Kier alpha value is -2.60. The Balaban J connectivity index is 1.65. The van der Waals surface area contributed by atoms with Crippen LogP contribution in [0.3, 0.4) is 0 Å². The number of carbonyl (C=O) groups excluding carboxylic acids is 1. The maximum Gasteiger partial charge on any atom is 0.336 e. The molecule has 1 heterocycles. The molecule has 0 N–H and O–H groups in total. The number of hydrogen-bond acceptors (Lipinski definition) is 4. The van der Waals surface area contributed by atoms with Gasteiger partial charge in [0.15, 0.2) is 0 Å². The summed E-state index contributed by atoms with van der Waals surface area (Å²) in [6.45, 7) is 4.35. The van der Waals surface area contributed by atoms with Gasteiger partial charge in [-0.15, -0.1) is 11.8 Å². The van der Waals surface area contributed by atoms with Crippen molar-refractivity contribution in [1.82, 2.24) is 4.90 Å². The standard InChI is InChI=1S/C22H22FNO3S/c1-14-7-19-17(10-22(26)27-20(19)8-15(14)2)12-28-13-21(25)24(3)11-16-5-4-6-18(23)9-16/h4-10H,11-13H2,1-3H3. The molecule has 28 heavy (non-hydrogen) atoms. The molecule has 146 valence electrons. The maximum atomic E-state index is 13.3. The number of halogens is 1. The second kappa shape index (κ2) is 8.61. The Labute approximate surface area is 167 Å². The van der Waals surface area contributed by atoms with Gasteiger partial charge < -0.3 is 9.32 Å². The molecular weight excluding hydrogens is 377 g/mol. The highest BCUT2D eigenvalue weighted by atomic mass is 32.2. The van der Waals surface area contributed by atoms with E-state index in [0.29, 0.717) is 17.9 Å². The third kappa shape index (κ3) is 4.81. The number of aryl methyl sites for hydroxylation is 2. The molecule has 0 aliphatic rings. The number of benzene rings is 2. The predicted octanol–water partition coefficient (Wildman–Crippen LogP) is 4.44. The van der Waals surface area contributed by atoms with Crippen LogP contribution in [-0.2, 0) is 17.1 Å². The smallest absolute Gasteiger partial charge is 0.336 e. The minimum atomic E-state index is -0.388. The Morgan fingerprint density at radius 1 is 1.14 bits per heavy atom. The van der Waals surface area contributed by atoms with Crippen LogP contribution >= 0.6 is 11.8 Å². The average Bonchev–Trinajstić information content (AvgIpc) is 2.63. The van der Waals surface area contributed by atoms with Gasteiger partial charge in [-0.1, -0.05) is 12.1 Å². The molecule has 0 atom stereocenters. The summed E-state index contributed by atoms with van der Waals surface area (Å²) in [4.78, 5) is 25.8. The zero-order chi connectivity index (χ0) is 20.3. The van der Waals surface area contributed by atoms with Crippen LogP contribution in [0.2, 0.25) is 0 Å². The highest BCUT2D eigenvalue weighted by Crippen LogP contribution is 2.24. The zero-order valence-corrected chi connectivity index (χ0v) is 16.9. The summed E-state index contributed by atoms with van der Waals surface area (Å²) >= 11 is 1.44. The lowest BCUT2D eigenvalue weighted by Gasteiger charge is -2.17. The van der Waals surface area contributed by atoms with Gasteiger partial charge in [0.25, 0.3) is 0 Å². The topological polar surface area (TPSA) is 50.5 Å². The molecule has 0 spiro atoms. The van der Waals surface area contributed by atoms with E-state index in [0.717, 1.165) is 27.6 Å². The van der Waals surface area contributed by atoms with E-state index >= 15 is 0 Å². The highest BCUT2D eigenvalue weighted by Gasteiger charge is 2.12. The molecule has 0 aliphatic carbocycles. The molecule has 0 bridgehead atoms. The van der Waals surface area contributed by atoms with Crippen LogP contribution < -0.4 is 5.63 Å². The monoisotopic (exact) mass is 399 g/mol. The second-order valence-electron chi connectivity index (χ2n) is 6.90. The third-order valence-electron chi connectivity index (χ3n) is 4.66. The number of amides is 1. The third-order valence-corrected chi connectivity index (χ3v) is 5.63. The lowest BCUT2D eigenvalue weighted by Crippen LogP contribution is -2.27. The van der Waals surface area contributed by atoms with Gasteiger partial charge in [-0.2, -0.15) is 0 Å². The molecule has 3 rings (SSSR count). The van der Waals surface area contributed by atoms with E-state index < -0.39 is 0 Å². The van der Waals surface area contributed by atoms with Crippen molar-refractivity contribution in [1.29, 1.82) is 0 Å². The summed E-state index contributed by atoms with van der Waals surface area (Å²) in [5.74, 6) is 0.448. The van der Waals surface area contributed by atoms with Crippen molar-refractivity contribution in [3.05, 3.63) is 81.0 Å². The van der Waals surface area contributed by atoms with Crippen molar-refractivity contribution in [3.63, 3.8) is 0 Å². The van der Waals surface area contributed by atoms with Crippen LogP contribution in [0.1, 0.15) is 22.3 Å². The van der Waals surface area contributed by atoms with Crippen molar-refractivity contribution in [3.8, 4) is 0 Å². The molecular formula is C22H22FNO3S. The first kappa shape index (κ1) is 20.1. The molecule has 2 aromatic carbocycles. The van der Waals surface area contributed by atoms with Crippen molar-refractivity contribution >= 4 is 28.6 Å². The fourth-order valence-corrected chi connectivity index (χ4v) is 3.91. The van der Waals surface area contributed by atoms with Crippen molar-refractivity contribution in [2.75, 3.05) is 12.8 Å². The first-order valence-corrected chi connectivity index (χ1v) is 10.1. The van der Waals surface area contributed by atoms with Gasteiger partial charge in [-0.3, -0.25) is 4.79 Å². The number of fused-ring (bicyclic) bond motifs is 1. The summed E-state index contributed by atoms with van der Waals surface area (Å²) in [5, 5.41) is 0.899. The number of carbonyl (C=O) groups is 1. The lowest BCUT2D eigenvalue weighted by molar-refractivity contribution is -0.127. The van der Waals surface area contributed by atoms with Crippen LogP contribution in [0.4, 0.5) is 4.39 Å². The van der Waals surface area contributed by atoms with Gasteiger partial charge in [-0.25, -0.2) is 9.18 Å². The van der Waals surface area contributed by atoms with Crippen LogP contribution in [0.5, 0.6) is 0 Å². The van der Waals surface area contributed by atoms with Gasteiger partial charge in [0, 0.05) is 30.8 Å². The minimum Gasteiger partial charge on any atom is -0.423 e. The fraction of sp³-hybridized carbons (Fsp3) is 0.273. The second-order valence-corrected chi connectivity index (χ2v) is 7.88. The van der Waals surface area contributed by atoms with E-state index in [1.54, 1.807) is 24.1 Å². The van der Waals surface area contributed by atoms with E-state index in [1.165, 1.54) is 30.0 Å². The first-order valence-electron chi connectivity index (χ1n) is 8.93. The van der Waals surface area contributed by atoms with Crippen molar-refractivity contribution in [2.45, 2.75) is 26.1 Å². The summed E-state index contributed by atoms with van der Waals surface area (Å²) in [7, 11) is 1.70. The molecule has 0 aliphatic heterocycles. The number of thioether (sulfide) groups is 1. The number of nitrogens with zero attached hydrogens (tertiary/aromatic N) is 1. The van der Waals surface area contributed by atoms with Gasteiger partial charge in [0.2, 0.25) is 5.91 Å². The summed E-state index contributed by atoms with van der Waals surface area (Å²) in [5.41, 5.74) is 3.98. The molecule has 1 aromatic heterocycles. The normalized spacial score (nSPS) is 11.0. The molecule has 6 heteroatoms. The van der Waals surface area contributed by atoms with Crippen LogP contribution in [0, 0.1) is 19.7 Å². The molecule has 0 radical (unpaired) electrons. The minimum absolute atomic E-state index is 0.0476. The fourth-order valence-electron chi connectivity index (χ4n) is 2.96. The average molecular weight is 399 g/mol. The summed E-state index contributed by atoms with van der Waals surface area (Å²) < 4.78 is 18.6. The molecule has 0 saturated carbocycles. The van der Waals surface area contributed by atoms with Crippen LogP contribution in [0.25, 0.3) is 11.0 Å². The van der Waals surface area contributed by atoms with E-state index in [2.05, 4.69) is 0 Å². The predicted molar refractivity (Wildman–Crippen MR) is 111 cm³/mol. The number of rotatable bonds is 6. The van der Waals surface area contributed by atoms with Gasteiger partial charge in [-0.05, 0) is 60.4 Å². The van der Waals surface area contributed by atoms with Gasteiger partial charge in [0.05, 0.1) is 5.75 Å². The maximum absolute atomic E-state index is 13.3. The quantitative estimate of drug-likeness (QED) is 0.575. The Morgan fingerprint density at radius 2 is 1.89 bits per heavy atom. The van der Waals surface area contributed by atoms with Crippen LogP contribution in [0.15, 0.2) is 51.7 Å². The first-order chi connectivity index (χ1) is 13.3. The highest BCUT2D eigenvalue weighted by molar-refractivity contribution is 7.99. The lowest BCUT2D eigenvalue weighted by atomic mass is 10.0. The Bertz CT molecular complexity index is 1080. The number of hydrogen-bond donors (Lipinski definition) is 0. The molecule has 0 unspecified atom stereocenters. The van der Waals surface area contributed by atoms with Crippen molar-refractivity contribution in [2.24, 2.45) is 0 Å². The molecule has 0 fully saturated rings.